The smallest absolute Gasteiger partial charge is 0.234 e. The van der Waals surface area contributed by atoms with Gasteiger partial charge in [-0.15, -0.1) is 0 Å². The van der Waals surface area contributed by atoms with Crippen LogP contribution in [0.3, 0.4) is 0 Å². The van der Waals surface area contributed by atoms with Crippen molar-refractivity contribution in [2.75, 3.05) is 5.73 Å². The first-order valence-electron chi connectivity index (χ1n) is 3.79. The average Bonchev–Trinajstić information content (AvgIpc) is 1.99. The molecule has 5 heteroatoms. The fourth-order valence-electron chi connectivity index (χ4n) is 0.769. The van der Waals surface area contributed by atoms with Crippen LogP contribution in [0.1, 0.15) is 13.8 Å². The Morgan fingerprint density at radius 3 is 2.54 bits per heavy atom. The molecule has 0 aliphatic carbocycles. The number of anilines is 1. The minimum Gasteiger partial charge on any atom is -0.474 e. The second kappa shape index (κ2) is 4.03. The van der Waals surface area contributed by atoms with Gasteiger partial charge in [0.2, 0.25) is 5.88 Å². The lowest BCUT2D eigenvalue weighted by Gasteiger charge is -2.10. The lowest BCUT2D eigenvalue weighted by Crippen LogP contribution is -2.08. The molecule has 13 heavy (non-hydrogen) atoms. The second-order valence-electron chi connectivity index (χ2n) is 2.81. The maximum absolute atomic E-state index is 5.82. The largest absolute Gasteiger partial charge is 0.474 e. The van der Waals surface area contributed by atoms with Crippen LogP contribution < -0.4 is 10.5 Å². The minimum absolute atomic E-state index is 0.00516. The molecular formula is C8H10Cl2N2O. The molecular weight excluding hydrogens is 211 g/mol. The number of aromatic nitrogens is 1. The monoisotopic (exact) mass is 220 g/mol. The number of halogens is 2. The van der Waals surface area contributed by atoms with E-state index in [4.69, 9.17) is 33.7 Å². The molecule has 1 aromatic heterocycles. The van der Waals surface area contributed by atoms with Gasteiger partial charge in [0.05, 0.1) is 11.1 Å². The third-order valence-electron chi connectivity index (χ3n) is 1.27. The lowest BCUT2D eigenvalue weighted by molar-refractivity contribution is 0.233. The highest BCUT2D eigenvalue weighted by atomic mass is 35.5. The highest BCUT2D eigenvalue weighted by molar-refractivity contribution is 6.36. The van der Waals surface area contributed by atoms with Crippen LogP contribution in [0.25, 0.3) is 0 Å². The molecule has 3 nitrogen and oxygen atoms in total. The molecule has 0 spiro atoms. The first-order chi connectivity index (χ1) is 6.00. The van der Waals surface area contributed by atoms with E-state index in [0.29, 0.717) is 15.9 Å². The van der Waals surface area contributed by atoms with Gasteiger partial charge in [0, 0.05) is 0 Å². The van der Waals surface area contributed by atoms with Crippen LogP contribution in [-0.4, -0.2) is 11.1 Å². The molecule has 0 aliphatic heterocycles. The van der Waals surface area contributed by atoms with Gasteiger partial charge >= 0.3 is 0 Å². The van der Waals surface area contributed by atoms with E-state index in [1.807, 2.05) is 13.8 Å². The van der Waals surface area contributed by atoms with Gasteiger partial charge in [-0.3, -0.25) is 0 Å². The Hall–Kier alpha value is -0.670. The van der Waals surface area contributed by atoms with E-state index >= 15 is 0 Å². The van der Waals surface area contributed by atoms with Crippen molar-refractivity contribution in [2.45, 2.75) is 20.0 Å². The molecule has 0 unspecified atom stereocenters. The second-order valence-corrected chi connectivity index (χ2v) is 3.62. The van der Waals surface area contributed by atoms with Crippen LogP contribution in [0.4, 0.5) is 5.82 Å². The van der Waals surface area contributed by atoms with E-state index in [-0.39, 0.29) is 11.9 Å². The number of ether oxygens (including phenoxy) is 1. The molecule has 0 amide bonds. The third kappa shape index (κ3) is 2.64. The summed E-state index contributed by atoms with van der Waals surface area (Å²) in [4.78, 5) is 3.90. The molecule has 0 bridgehead atoms. The number of hydrogen-bond acceptors (Lipinski definition) is 3. The Morgan fingerprint density at radius 1 is 1.38 bits per heavy atom. The summed E-state index contributed by atoms with van der Waals surface area (Å²) in [5, 5.41) is 0.703. The zero-order valence-corrected chi connectivity index (χ0v) is 8.86. The van der Waals surface area contributed by atoms with Crippen molar-refractivity contribution in [3.63, 3.8) is 0 Å². The summed E-state index contributed by atoms with van der Waals surface area (Å²) in [6.07, 6.45) is 0.00516. The maximum Gasteiger partial charge on any atom is 0.234 e. The molecule has 0 aliphatic rings. The Balaban J connectivity index is 3.01. The van der Waals surface area contributed by atoms with Gasteiger partial charge in [-0.1, -0.05) is 23.2 Å². The van der Waals surface area contributed by atoms with Crippen molar-refractivity contribution in [3.05, 3.63) is 16.1 Å². The van der Waals surface area contributed by atoms with Crippen LogP contribution in [0.5, 0.6) is 5.88 Å². The van der Waals surface area contributed by atoms with Gasteiger partial charge in [-0.05, 0) is 19.9 Å². The average molecular weight is 221 g/mol. The van der Waals surface area contributed by atoms with Gasteiger partial charge in [-0.2, -0.15) is 4.98 Å². The molecule has 0 aromatic carbocycles. The molecule has 1 rings (SSSR count). The van der Waals surface area contributed by atoms with Gasteiger partial charge in [0.1, 0.15) is 10.8 Å². The fraction of sp³-hybridized carbons (Fsp3) is 0.375. The van der Waals surface area contributed by atoms with Crippen molar-refractivity contribution < 1.29 is 4.74 Å². The Morgan fingerprint density at radius 2 is 2.00 bits per heavy atom. The molecule has 0 fully saturated rings. The topological polar surface area (TPSA) is 48.1 Å². The molecule has 1 aromatic rings. The Bertz CT molecular complexity index is 315. The standard InChI is InChI=1S/C8H10Cl2N2O/c1-4(2)13-8-6(10)3-5(9)7(11)12-8/h3-4H,1-2H3,(H2,11,12). The van der Waals surface area contributed by atoms with Crippen LogP contribution in [-0.2, 0) is 0 Å². The van der Waals surface area contributed by atoms with E-state index in [1.54, 1.807) is 0 Å². The summed E-state index contributed by atoms with van der Waals surface area (Å²) >= 11 is 11.5. The normalized spacial score (nSPS) is 10.5. The SMILES string of the molecule is CC(C)Oc1nc(N)c(Cl)cc1Cl. The molecule has 0 radical (unpaired) electrons. The van der Waals surface area contributed by atoms with Gasteiger partial charge in [0.15, 0.2) is 0 Å². The predicted molar refractivity (Wildman–Crippen MR) is 54.4 cm³/mol. The first kappa shape index (κ1) is 10.4. The molecule has 0 saturated carbocycles. The summed E-state index contributed by atoms with van der Waals surface area (Å²) < 4.78 is 5.30. The zero-order valence-electron chi connectivity index (χ0n) is 7.34. The van der Waals surface area contributed by atoms with Crippen molar-refractivity contribution in [1.82, 2.24) is 4.98 Å². The number of rotatable bonds is 2. The van der Waals surface area contributed by atoms with Crippen LogP contribution in [0.2, 0.25) is 10.0 Å². The molecule has 2 N–H and O–H groups in total. The van der Waals surface area contributed by atoms with Crippen LogP contribution in [0.15, 0.2) is 6.07 Å². The summed E-state index contributed by atoms with van der Waals surface area (Å²) in [5.74, 6) is 0.542. The van der Waals surface area contributed by atoms with Crippen molar-refractivity contribution in [2.24, 2.45) is 0 Å². The van der Waals surface area contributed by atoms with E-state index in [2.05, 4.69) is 4.98 Å². The molecule has 72 valence electrons. The summed E-state index contributed by atoms with van der Waals surface area (Å²) in [6, 6.07) is 1.52. The molecule has 1 heterocycles. The Labute approximate surface area is 86.8 Å². The van der Waals surface area contributed by atoms with E-state index in [0.717, 1.165) is 0 Å². The van der Waals surface area contributed by atoms with E-state index in [9.17, 15) is 0 Å². The zero-order chi connectivity index (χ0) is 10.0. The van der Waals surface area contributed by atoms with Gasteiger partial charge in [-0.25, -0.2) is 0 Å². The lowest BCUT2D eigenvalue weighted by atomic mass is 10.4. The van der Waals surface area contributed by atoms with Gasteiger partial charge < -0.3 is 10.5 Å². The van der Waals surface area contributed by atoms with Crippen molar-refractivity contribution in [3.8, 4) is 5.88 Å². The number of nitrogens with zero attached hydrogens (tertiary/aromatic N) is 1. The quantitative estimate of drug-likeness (QED) is 0.835. The maximum atomic E-state index is 5.82. The summed E-state index contributed by atoms with van der Waals surface area (Å²) in [6.45, 7) is 3.76. The molecule has 0 atom stereocenters. The highest BCUT2D eigenvalue weighted by Crippen LogP contribution is 2.29. The van der Waals surface area contributed by atoms with E-state index in [1.165, 1.54) is 6.07 Å². The fourth-order valence-corrected chi connectivity index (χ4v) is 1.17. The van der Waals surface area contributed by atoms with Crippen LogP contribution in [0, 0.1) is 0 Å². The van der Waals surface area contributed by atoms with Crippen LogP contribution >= 0.6 is 23.2 Å². The summed E-state index contributed by atoms with van der Waals surface area (Å²) in [5.41, 5.74) is 5.48. The van der Waals surface area contributed by atoms with Gasteiger partial charge in [0.25, 0.3) is 0 Å². The van der Waals surface area contributed by atoms with Crippen molar-refractivity contribution in [1.29, 1.82) is 0 Å². The number of hydrogen-bond donors (Lipinski definition) is 1. The Kier molecular flexibility index (Phi) is 3.22. The highest BCUT2D eigenvalue weighted by Gasteiger charge is 2.09. The number of pyridine rings is 1. The number of nitrogens with two attached hydrogens (primary N) is 1. The van der Waals surface area contributed by atoms with Crippen molar-refractivity contribution >= 4 is 29.0 Å². The number of nitrogen functional groups attached to an aromatic ring is 1. The first-order valence-corrected chi connectivity index (χ1v) is 4.54. The summed E-state index contributed by atoms with van der Waals surface area (Å²) in [7, 11) is 0. The minimum atomic E-state index is 0.00516. The third-order valence-corrected chi connectivity index (χ3v) is 1.85. The van der Waals surface area contributed by atoms with E-state index < -0.39 is 0 Å². The predicted octanol–water partition coefficient (Wildman–Crippen LogP) is 2.76. The molecule has 0 saturated heterocycles.